The maximum atomic E-state index is 12.5. The summed E-state index contributed by atoms with van der Waals surface area (Å²) < 4.78 is 4.97. The first-order valence-electron chi connectivity index (χ1n) is 9.62. The lowest BCUT2D eigenvalue weighted by atomic mass is 10.1. The third-order valence-electron chi connectivity index (χ3n) is 4.54. The molecule has 0 unspecified atom stereocenters. The SMILES string of the molecule is CCN(CC)c1ccc(Nc2nc(C)cc(C(=O)Nc3cc(C)on3)n2)c(C)c1. The van der Waals surface area contributed by atoms with E-state index in [2.05, 4.69) is 56.6 Å². The Labute approximate surface area is 170 Å². The summed E-state index contributed by atoms with van der Waals surface area (Å²) >= 11 is 0. The molecule has 0 saturated heterocycles. The van der Waals surface area contributed by atoms with Crippen LogP contribution in [0.1, 0.15) is 41.4 Å². The number of carbonyl (C=O) groups is 1. The van der Waals surface area contributed by atoms with E-state index in [4.69, 9.17) is 4.52 Å². The molecule has 0 saturated carbocycles. The Morgan fingerprint density at radius 3 is 2.45 bits per heavy atom. The molecule has 0 aliphatic rings. The third-order valence-corrected chi connectivity index (χ3v) is 4.54. The van der Waals surface area contributed by atoms with Gasteiger partial charge in [0.1, 0.15) is 11.5 Å². The molecule has 8 heteroatoms. The van der Waals surface area contributed by atoms with Crippen molar-refractivity contribution < 1.29 is 9.32 Å². The Morgan fingerprint density at radius 1 is 1.07 bits per heavy atom. The van der Waals surface area contributed by atoms with Gasteiger partial charge in [0.25, 0.3) is 5.91 Å². The molecule has 3 aromatic rings. The number of benzene rings is 1. The highest BCUT2D eigenvalue weighted by molar-refractivity contribution is 6.02. The second-order valence-electron chi connectivity index (χ2n) is 6.79. The highest BCUT2D eigenvalue weighted by atomic mass is 16.5. The molecular weight excluding hydrogens is 368 g/mol. The van der Waals surface area contributed by atoms with Crippen LogP contribution in [0.5, 0.6) is 0 Å². The maximum Gasteiger partial charge on any atom is 0.275 e. The summed E-state index contributed by atoms with van der Waals surface area (Å²) in [6.45, 7) is 11.8. The average molecular weight is 394 g/mol. The van der Waals surface area contributed by atoms with Crippen molar-refractivity contribution in [3.8, 4) is 0 Å². The highest BCUT2D eigenvalue weighted by Gasteiger charge is 2.14. The summed E-state index contributed by atoms with van der Waals surface area (Å²) in [6, 6.07) is 9.48. The van der Waals surface area contributed by atoms with Gasteiger partial charge < -0.3 is 20.1 Å². The molecule has 1 amide bonds. The molecule has 2 heterocycles. The zero-order valence-corrected chi connectivity index (χ0v) is 17.4. The van der Waals surface area contributed by atoms with Crippen molar-refractivity contribution in [3.05, 3.63) is 53.0 Å². The van der Waals surface area contributed by atoms with Crippen LogP contribution in [0.2, 0.25) is 0 Å². The fraction of sp³-hybridized carbons (Fsp3) is 0.333. The number of rotatable bonds is 7. The molecule has 3 rings (SSSR count). The van der Waals surface area contributed by atoms with E-state index < -0.39 is 0 Å². The van der Waals surface area contributed by atoms with Crippen LogP contribution in [0.25, 0.3) is 0 Å². The first-order chi connectivity index (χ1) is 13.9. The fourth-order valence-electron chi connectivity index (χ4n) is 3.04. The van der Waals surface area contributed by atoms with Crippen LogP contribution in [-0.4, -0.2) is 34.1 Å². The lowest BCUT2D eigenvalue weighted by Gasteiger charge is -2.22. The van der Waals surface area contributed by atoms with Gasteiger partial charge in [-0.15, -0.1) is 0 Å². The standard InChI is InChI=1S/C21H26N6O2/c1-6-27(7-2)16-8-9-17(13(3)10-16)23-21-22-14(4)11-18(24-21)20(28)25-19-12-15(5)29-26-19/h8-12H,6-7H2,1-5H3,(H,22,23,24)(H,25,26,28). The summed E-state index contributed by atoms with van der Waals surface area (Å²) in [7, 11) is 0. The van der Waals surface area contributed by atoms with E-state index >= 15 is 0 Å². The van der Waals surface area contributed by atoms with Gasteiger partial charge in [-0.25, -0.2) is 9.97 Å². The van der Waals surface area contributed by atoms with Crippen molar-refractivity contribution in [2.24, 2.45) is 0 Å². The molecule has 152 valence electrons. The molecule has 1 aromatic carbocycles. The summed E-state index contributed by atoms with van der Waals surface area (Å²) in [5, 5.41) is 9.67. The van der Waals surface area contributed by atoms with Crippen molar-refractivity contribution in [2.75, 3.05) is 28.6 Å². The van der Waals surface area contributed by atoms with Gasteiger partial charge in [-0.05, 0) is 64.4 Å². The van der Waals surface area contributed by atoms with Crippen LogP contribution >= 0.6 is 0 Å². The van der Waals surface area contributed by atoms with Crippen LogP contribution in [0, 0.1) is 20.8 Å². The maximum absolute atomic E-state index is 12.5. The van der Waals surface area contributed by atoms with E-state index in [0.717, 1.165) is 24.3 Å². The number of aryl methyl sites for hydroxylation is 3. The zero-order valence-electron chi connectivity index (χ0n) is 17.4. The Kier molecular flexibility index (Phi) is 6.11. The number of nitrogens with zero attached hydrogens (tertiary/aromatic N) is 4. The van der Waals surface area contributed by atoms with Gasteiger partial charge in [-0.2, -0.15) is 0 Å². The topological polar surface area (TPSA) is 96.2 Å². The molecule has 0 spiro atoms. The van der Waals surface area contributed by atoms with Crippen molar-refractivity contribution in [3.63, 3.8) is 0 Å². The minimum Gasteiger partial charge on any atom is -0.372 e. The van der Waals surface area contributed by atoms with Crippen molar-refractivity contribution in [1.29, 1.82) is 0 Å². The van der Waals surface area contributed by atoms with Crippen LogP contribution in [0.4, 0.5) is 23.1 Å². The van der Waals surface area contributed by atoms with Gasteiger partial charge in [0, 0.05) is 36.2 Å². The molecule has 0 fully saturated rings. The minimum absolute atomic E-state index is 0.248. The zero-order chi connectivity index (χ0) is 21.0. The number of hydrogen-bond acceptors (Lipinski definition) is 7. The number of nitrogens with one attached hydrogen (secondary N) is 2. The predicted molar refractivity (Wildman–Crippen MR) is 114 cm³/mol. The second-order valence-corrected chi connectivity index (χ2v) is 6.79. The van der Waals surface area contributed by atoms with Crippen LogP contribution in [0.15, 0.2) is 34.9 Å². The quantitative estimate of drug-likeness (QED) is 0.619. The van der Waals surface area contributed by atoms with Gasteiger partial charge in [0.05, 0.1) is 0 Å². The summed E-state index contributed by atoms with van der Waals surface area (Å²) in [4.78, 5) is 23.6. The van der Waals surface area contributed by atoms with Crippen LogP contribution < -0.4 is 15.5 Å². The molecule has 2 aromatic heterocycles. The lowest BCUT2D eigenvalue weighted by Crippen LogP contribution is -2.21. The normalized spacial score (nSPS) is 10.7. The van der Waals surface area contributed by atoms with Gasteiger partial charge >= 0.3 is 0 Å². The summed E-state index contributed by atoms with van der Waals surface area (Å²) in [6.07, 6.45) is 0. The largest absolute Gasteiger partial charge is 0.372 e. The van der Waals surface area contributed by atoms with Crippen molar-refractivity contribution in [1.82, 2.24) is 15.1 Å². The molecular formula is C21H26N6O2. The Bertz CT molecular complexity index is 1010. The fourth-order valence-corrected chi connectivity index (χ4v) is 3.04. The predicted octanol–water partition coefficient (Wildman–Crippen LogP) is 4.23. The van der Waals surface area contributed by atoms with Gasteiger partial charge in [-0.1, -0.05) is 5.16 Å². The first kappa shape index (κ1) is 20.3. The van der Waals surface area contributed by atoms with Gasteiger partial charge in [0.2, 0.25) is 5.95 Å². The molecule has 0 bridgehead atoms. The number of carbonyl (C=O) groups excluding carboxylic acids is 1. The monoisotopic (exact) mass is 394 g/mol. The summed E-state index contributed by atoms with van der Waals surface area (Å²) in [5.74, 6) is 0.955. The molecule has 2 N–H and O–H groups in total. The molecule has 8 nitrogen and oxygen atoms in total. The molecule has 0 aliphatic heterocycles. The second kappa shape index (κ2) is 8.72. The van der Waals surface area contributed by atoms with Crippen LogP contribution in [-0.2, 0) is 0 Å². The Morgan fingerprint density at radius 2 is 1.83 bits per heavy atom. The number of aromatic nitrogens is 3. The van der Waals surface area contributed by atoms with Gasteiger partial charge in [-0.3, -0.25) is 4.79 Å². The van der Waals surface area contributed by atoms with Crippen molar-refractivity contribution >= 4 is 29.0 Å². The van der Waals surface area contributed by atoms with E-state index in [0.29, 0.717) is 23.2 Å². The number of anilines is 4. The third kappa shape index (κ3) is 4.90. The molecule has 29 heavy (non-hydrogen) atoms. The summed E-state index contributed by atoms with van der Waals surface area (Å²) in [5.41, 5.74) is 4.07. The lowest BCUT2D eigenvalue weighted by molar-refractivity contribution is 0.102. The molecule has 0 radical (unpaired) electrons. The van der Waals surface area contributed by atoms with E-state index in [9.17, 15) is 4.79 Å². The Hall–Kier alpha value is -3.42. The average Bonchev–Trinajstić information content (AvgIpc) is 3.09. The Balaban J connectivity index is 1.80. The van der Waals surface area contributed by atoms with Gasteiger partial charge in [0.15, 0.2) is 5.82 Å². The number of hydrogen-bond donors (Lipinski definition) is 2. The van der Waals surface area contributed by atoms with Crippen LogP contribution in [0.3, 0.4) is 0 Å². The highest BCUT2D eigenvalue weighted by Crippen LogP contribution is 2.24. The van der Waals surface area contributed by atoms with E-state index in [1.54, 1.807) is 19.1 Å². The minimum atomic E-state index is -0.375. The smallest absolute Gasteiger partial charge is 0.275 e. The van der Waals surface area contributed by atoms with E-state index in [1.165, 1.54) is 5.69 Å². The van der Waals surface area contributed by atoms with Crippen molar-refractivity contribution in [2.45, 2.75) is 34.6 Å². The molecule has 0 atom stereocenters. The molecule has 0 aliphatic carbocycles. The van der Waals surface area contributed by atoms with E-state index in [-0.39, 0.29) is 11.6 Å². The first-order valence-corrected chi connectivity index (χ1v) is 9.62. The van der Waals surface area contributed by atoms with E-state index in [1.807, 2.05) is 19.9 Å². The number of amides is 1.